The van der Waals surface area contributed by atoms with Gasteiger partial charge in [-0.15, -0.1) is 0 Å². The number of ether oxygens (including phenoxy) is 1. The van der Waals surface area contributed by atoms with Gasteiger partial charge in [0.25, 0.3) is 0 Å². The maximum absolute atomic E-state index is 6.30. The molecule has 0 radical (unpaired) electrons. The van der Waals surface area contributed by atoms with Crippen molar-refractivity contribution < 1.29 is 4.74 Å². The lowest BCUT2D eigenvalue weighted by atomic mass is 10.1. The number of aryl methyl sites for hydroxylation is 1. The van der Waals surface area contributed by atoms with E-state index in [1.54, 1.807) is 19.5 Å². The van der Waals surface area contributed by atoms with Gasteiger partial charge in [0.15, 0.2) is 0 Å². The first-order valence-electron chi connectivity index (χ1n) is 6.61. The van der Waals surface area contributed by atoms with E-state index in [1.807, 2.05) is 13.1 Å². The number of nitrogens with zero attached hydrogens (tertiary/aromatic N) is 2. The molecule has 7 heteroatoms. The van der Waals surface area contributed by atoms with Crippen LogP contribution in [0.4, 0.5) is 5.69 Å². The Labute approximate surface area is 126 Å². The van der Waals surface area contributed by atoms with Crippen LogP contribution in [0.25, 0.3) is 22.2 Å². The number of halogens is 1. The lowest BCUT2D eigenvalue weighted by Gasteiger charge is -2.13. The Morgan fingerprint density at radius 2 is 2.19 bits per heavy atom. The van der Waals surface area contributed by atoms with Crippen LogP contribution in [0.15, 0.2) is 18.6 Å². The van der Waals surface area contributed by atoms with E-state index in [0.29, 0.717) is 18.2 Å². The van der Waals surface area contributed by atoms with Crippen LogP contribution < -0.4 is 5.32 Å². The minimum atomic E-state index is 0.607. The number of nitrogens with one attached hydrogen (secondary N) is 3. The summed E-state index contributed by atoms with van der Waals surface area (Å²) in [7, 11) is 1.67. The van der Waals surface area contributed by atoms with Crippen molar-refractivity contribution >= 4 is 28.3 Å². The van der Waals surface area contributed by atoms with E-state index in [0.717, 1.165) is 33.5 Å². The molecule has 0 saturated carbocycles. The zero-order valence-corrected chi connectivity index (χ0v) is 12.6. The molecule has 0 spiro atoms. The summed E-state index contributed by atoms with van der Waals surface area (Å²) in [4.78, 5) is 7.50. The molecule has 0 amide bonds. The van der Waals surface area contributed by atoms with E-state index in [9.17, 15) is 0 Å². The molecule has 3 N–H and O–H groups in total. The maximum Gasteiger partial charge on any atom is 0.140 e. The summed E-state index contributed by atoms with van der Waals surface area (Å²) >= 11 is 6.30. The van der Waals surface area contributed by atoms with E-state index in [2.05, 4.69) is 25.5 Å². The molecule has 3 rings (SSSR count). The van der Waals surface area contributed by atoms with Gasteiger partial charge in [-0.2, -0.15) is 5.10 Å². The van der Waals surface area contributed by atoms with Crippen LogP contribution in [-0.4, -0.2) is 40.4 Å². The molecule has 0 bridgehead atoms. The molecule has 6 nitrogen and oxygen atoms in total. The highest BCUT2D eigenvalue weighted by atomic mass is 35.5. The number of hydrogen-bond acceptors (Lipinski definition) is 4. The first-order valence-corrected chi connectivity index (χ1v) is 6.99. The molecular weight excluding hydrogens is 290 g/mol. The fourth-order valence-electron chi connectivity index (χ4n) is 2.35. The van der Waals surface area contributed by atoms with Crippen LogP contribution in [0.3, 0.4) is 0 Å². The van der Waals surface area contributed by atoms with E-state index in [4.69, 9.17) is 16.3 Å². The number of aromatic amines is 2. The number of rotatable bonds is 5. The normalized spacial score (nSPS) is 11.2. The fourth-order valence-corrected chi connectivity index (χ4v) is 2.58. The van der Waals surface area contributed by atoms with Gasteiger partial charge < -0.3 is 15.0 Å². The van der Waals surface area contributed by atoms with Crippen LogP contribution in [0.1, 0.15) is 5.69 Å². The van der Waals surface area contributed by atoms with Gasteiger partial charge in [-0.05, 0) is 6.92 Å². The zero-order valence-electron chi connectivity index (χ0n) is 11.8. The van der Waals surface area contributed by atoms with Crippen molar-refractivity contribution in [1.82, 2.24) is 20.2 Å². The van der Waals surface area contributed by atoms with Crippen molar-refractivity contribution in [2.45, 2.75) is 6.92 Å². The average Bonchev–Trinajstić information content (AvgIpc) is 3.06. The Kier molecular flexibility index (Phi) is 3.81. The molecule has 0 aromatic carbocycles. The second kappa shape index (κ2) is 5.75. The summed E-state index contributed by atoms with van der Waals surface area (Å²) in [6.07, 6.45) is 5.36. The molecule has 0 aliphatic rings. The van der Waals surface area contributed by atoms with Gasteiger partial charge in [0.1, 0.15) is 5.65 Å². The van der Waals surface area contributed by atoms with E-state index < -0.39 is 0 Å². The van der Waals surface area contributed by atoms with Crippen LogP contribution in [0, 0.1) is 6.92 Å². The quantitative estimate of drug-likeness (QED) is 0.633. The molecule has 0 saturated heterocycles. The number of anilines is 1. The smallest absolute Gasteiger partial charge is 0.140 e. The number of methoxy groups -OCH3 is 1. The SMILES string of the molecule is COCCNc1c(-c2cn[nH]c2C)cnc2[nH]cc(Cl)c12. The predicted octanol–water partition coefficient (Wildman–Crippen LogP) is 2.97. The standard InChI is InChI=1S/C14H16ClN5O/c1-8-9(6-19-20-8)10-5-17-14-12(11(15)7-18-14)13(10)16-3-4-21-2/h5-7H,3-4H2,1-2H3,(H,19,20)(H2,16,17,18). The Morgan fingerprint density at radius 3 is 2.90 bits per heavy atom. The van der Waals surface area contributed by atoms with Crippen LogP contribution >= 0.6 is 11.6 Å². The van der Waals surface area contributed by atoms with Gasteiger partial charge in [-0.1, -0.05) is 11.6 Å². The Balaban J connectivity index is 2.16. The van der Waals surface area contributed by atoms with Crippen molar-refractivity contribution in [3.63, 3.8) is 0 Å². The fraction of sp³-hybridized carbons (Fsp3) is 0.286. The Hall–Kier alpha value is -2.05. The van der Waals surface area contributed by atoms with Gasteiger partial charge in [0.2, 0.25) is 0 Å². The molecule has 3 aromatic heterocycles. The highest BCUT2D eigenvalue weighted by Gasteiger charge is 2.16. The van der Waals surface area contributed by atoms with Crippen LogP contribution in [-0.2, 0) is 4.74 Å². The zero-order chi connectivity index (χ0) is 14.8. The van der Waals surface area contributed by atoms with Crippen molar-refractivity contribution in [3.8, 4) is 11.1 Å². The molecular formula is C14H16ClN5O. The van der Waals surface area contributed by atoms with Crippen LogP contribution in [0.5, 0.6) is 0 Å². The first kappa shape index (κ1) is 13.9. The molecule has 0 aliphatic carbocycles. The summed E-state index contributed by atoms with van der Waals surface area (Å²) < 4.78 is 5.10. The van der Waals surface area contributed by atoms with Gasteiger partial charge in [-0.25, -0.2) is 4.98 Å². The predicted molar refractivity (Wildman–Crippen MR) is 83.8 cm³/mol. The number of H-pyrrole nitrogens is 2. The molecule has 0 atom stereocenters. The van der Waals surface area contributed by atoms with Crippen molar-refractivity contribution in [2.75, 3.05) is 25.6 Å². The van der Waals surface area contributed by atoms with Gasteiger partial charge in [-0.3, -0.25) is 5.10 Å². The first-order chi connectivity index (χ1) is 10.2. The third-order valence-electron chi connectivity index (χ3n) is 3.38. The third-order valence-corrected chi connectivity index (χ3v) is 3.68. The molecule has 3 aromatic rings. The van der Waals surface area contributed by atoms with Crippen molar-refractivity contribution in [3.05, 3.63) is 29.3 Å². The molecule has 3 heterocycles. The summed E-state index contributed by atoms with van der Waals surface area (Å²) in [6, 6.07) is 0. The molecule has 0 fully saturated rings. The van der Waals surface area contributed by atoms with Gasteiger partial charge in [0, 0.05) is 42.9 Å². The molecule has 110 valence electrons. The maximum atomic E-state index is 6.30. The average molecular weight is 306 g/mol. The Bertz CT molecular complexity index is 764. The minimum Gasteiger partial charge on any atom is -0.383 e. The topological polar surface area (TPSA) is 78.6 Å². The highest BCUT2D eigenvalue weighted by molar-refractivity contribution is 6.36. The summed E-state index contributed by atoms with van der Waals surface area (Å²) in [6.45, 7) is 3.26. The number of pyridine rings is 1. The number of fused-ring (bicyclic) bond motifs is 1. The van der Waals surface area contributed by atoms with E-state index in [1.165, 1.54) is 0 Å². The van der Waals surface area contributed by atoms with E-state index in [-0.39, 0.29) is 0 Å². The van der Waals surface area contributed by atoms with E-state index >= 15 is 0 Å². The molecule has 21 heavy (non-hydrogen) atoms. The monoisotopic (exact) mass is 305 g/mol. The lowest BCUT2D eigenvalue weighted by Crippen LogP contribution is -2.09. The lowest BCUT2D eigenvalue weighted by molar-refractivity contribution is 0.211. The Morgan fingerprint density at radius 1 is 1.33 bits per heavy atom. The highest BCUT2D eigenvalue weighted by Crippen LogP contribution is 2.37. The van der Waals surface area contributed by atoms with Crippen LogP contribution in [0.2, 0.25) is 5.02 Å². The third kappa shape index (κ3) is 2.48. The summed E-state index contributed by atoms with van der Waals surface area (Å²) in [5, 5.41) is 11.9. The minimum absolute atomic E-state index is 0.607. The molecule has 0 aliphatic heterocycles. The number of hydrogen-bond donors (Lipinski definition) is 3. The number of aromatic nitrogens is 4. The largest absolute Gasteiger partial charge is 0.383 e. The van der Waals surface area contributed by atoms with Gasteiger partial charge >= 0.3 is 0 Å². The molecule has 0 unspecified atom stereocenters. The van der Waals surface area contributed by atoms with Crippen molar-refractivity contribution in [2.24, 2.45) is 0 Å². The summed E-state index contributed by atoms with van der Waals surface area (Å²) in [5.41, 5.74) is 4.64. The van der Waals surface area contributed by atoms with Gasteiger partial charge in [0.05, 0.1) is 28.9 Å². The second-order valence-corrected chi connectivity index (χ2v) is 5.14. The second-order valence-electron chi connectivity index (χ2n) is 4.74. The van der Waals surface area contributed by atoms with Crippen molar-refractivity contribution in [1.29, 1.82) is 0 Å². The summed E-state index contributed by atoms with van der Waals surface area (Å²) in [5.74, 6) is 0.